The minimum atomic E-state index is 0.218. The Morgan fingerprint density at radius 1 is 1.21 bits per heavy atom. The fraction of sp³-hybridized carbons (Fsp3) is 0.917. The van der Waals surface area contributed by atoms with Gasteiger partial charge in [0, 0.05) is 20.0 Å². The molecule has 2 heteroatoms. The largest absolute Gasteiger partial charge is 0.381 e. The Hall–Kier alpha value is -0.370. The van der Waals surface area contributed by atoms with Crippen molar-refractivity contribution in [3.8, 4) is 0 Å². The number of fused-ring (bicyclic) bond motifs is 1. The van der Waals surface area contributed by atoms with Crippen molar-refractivity contribution in [1.82, 2.24) is 0 Å². The van der Waals surface area contributed by atoms with Crippen molar-refractivity contribution in [2.24, 2.45) is 11.8 Å². The first-order valence-electron chi connectivity index (χ1n) is 5.85. The van der Waals surface area contributed by atoms with E-state index in [2.05, 4.69) is 0 Å². The van der Waals surface area contributed by atoms with Crippen LogP contribution in [-0.2, 0) is 9.53 Å². The number of carbonyl (C=O) groups is 1. The van der Waals surface area contributed by atoms with Gasteiger partial charge in [-0.05, 0) is 24.7 Å². The second-order valence-corrected chi connectivity index (χ2v) is 4.76. The lowest BCUT2D eigenvalue weighted by Crippen LogP contribution is -2.31. The van der Waals surface area contributed by atoms with E-state index in [9.17, 15) is 4.79 Å². The van der Waals surface area contributed by atoms with Crippen LogP contribution in [0, 0.1) is 11.8 Å². The molecule has 0 amide bonds. The number of rotatable bonds is 1. The van der Waals surface area contributed by atoms with Gasteiger partial charge in [-0.1, -0.05) is 19.3 Å². The molecule has 0 heterocycles. The number of hydrogen-bond donors (Lipinski definition) is 0. The molecule has 14 heavy (non-hydrogen) atoms. The average Bonchev–Trinajstić information content (AvgIpc) is 2.38. The third-order valence-corrected chi connectivity index (χ3v) is 3.97. The molecule has 2 nitrogen and oxygen atoms in total. The molecule has 3 atom stereocenters. The lowest BCUT2D eigenvalue weighted by atomic mass is 9.75. The van der Waals surface area contributed by atoms with E-state index in [0.29, 0.717) is 18.1 Å². The van der Waals surface area contributed by atoms with Crippen molar-refractivity contribution >= 4 is 5.78 Å². The summed E-state index contributed by atoms with van der Waals surface area (Å²) in [5.41, 5.74) is 0. The highest BCUT2D eigenvalue weighted by Gasteiger charge is 2.35. The number of methoxy groups -OCH3 is 1. The van der Waals surface area contributed by atoms with Gasteiger partial charge in [-0.3, -0.25) is 4.79 Å². The van der Waals surface area contributed by atoms with E-state index in [1.54, 1.807) is 7.11 Å². The third-order valence-electron chi connectivity index (χ3n) is 3.97. The molecule has 0 N–H and O–H groups in total. The Morgan fingerprint density at radius 2 is 2.00 bits per heavy atom. The van der Waals surface area contributed by atoms with Gasteiger partial charge >= 0.3 is 0 Å². The third kappa shape index (κ3) is 2.00. The first-order valence-corrected chi connectivity index (χ1v) is 5.85. The predicted molar refractivity (Wildman–Crippen MR) is 55.1 cm³/mol. The second-order valence-electron chi connectivity index (χ2n) is 4.76. The highest BCUT2D eigenvalue weighted by atomic mass is 16.5. The maximum Gasteiger partial charge on any atom is 0.135 e. The van der Waals surface area contributed by atoms with Crippen LogP contribution in [0.15, 0.2) is 0 Å². The van der Waals surface area contributed by atoms with Crippen molar-refractivity contribution in [3.05, 3.63) is 0 Å². The summed E-state index contributed by atoms with van der Waals surface area (Å²) in [6, 6.07) is 0. The molecule has 0 unspecified atom stereocenters. The van der Waals surface area contributed by atoms with Crippen LogP contribution >= 0.6 is 0 Å². The Morgan fingerprint density at radius 3 is 2.79 bits per heavy atom. The van der Waals surface area contributed by atoms with Gasteiger partial charge in [0.2, 0.25) is 0 Å². The Balaban J connectivity index is 2.09. The number of ether oxygens (including phenoxy) is 1. The maximum atomic E-state index is 11.5. The minimum Gasteiger partial charge on any atom is -0.381 e. The van der Waals surface area contributed by atoms with Crippen molar-refractivity contribution in [3.63, 3.8) is 0 Å². The molecule has 0 bridgehead atoms. The van der Waals surface area contributed by atoms with Gasteiger partial charge in [-0.2, -0.15) is 0 Å². The van der Waals surface area contributed by atoms with E-state index in [1.165, 1.54) is 25.7 Å². The fourth-order valence-corrected chi connectivity index (χ4v) is 3.17. The molecule has 2 aliphatic rings. The number of Topliss-reactive ketones (excluding diaryl/α,β-unsaturated/α-hetero) is 1. The second kappa shape index (κ2) is 4.43. The molecule has 2 rings (SSSR count). The van der Waals surface area contributed by atoms with Gasteiger partial charge in [0.1, 0.15) is 5.78 Å². The van der Waals surface area contributed by atoms with Gasteiger partial charge < -0.3 is 4.74 Å². The average molecular weight is 196 g/mol. The first kappa shape index (κ1) is 10.2. The molecule has 80 valence electrons. The smallest absolute Gasteiger partial charge is 0.135 e. The highest BCUT2D eigenvalue weighted by Crippen LogP contribution is 2.39. The normalized spacial score (nSPS) is 38.9. The van der Waals surface area contributed by atoms with Crippen LogP contribution in [-0.4, -0.2) is 19.0 Å². The quantitative estimate of drug-likeness (QED) is 0.644. The number of ketones is 1. The molecule has 0 saturated heterocycles. The zero-order valence-electron chi connectivity index (χ0n) is 9.00. The molecular weight excluding hydrogens is 176 g/mol. The summed E-state index contributed by atoms with van der Waals surface area (Å²) in [5.74, 6) is 1.84. The number of hydrogen-bond acceptors (Lipinski definition) is 2. The van der Waals surface area contributed by atoms with E-state index >= 15 is 0 Å². The summed E-state index contributed by atoms with van der Waals surface area (Å²) in [6.45, 7) is 0. The molecular formula is C12H20O2. The van der Waals surface area contributed by atoms with Gasteiger partial charge in [0.25, 0.3) is 0 Å². The topological polar surface area (TPSA) is 26.3 Å². The standard InChI is InChI=1S/C12H20O2/c1-14-12-8-10(13)7-6-9-4-2-3-5-11(9)12/h9,11-12H,2-8H2,1H3/t9-,11-,12+/m0/s1. The zero-order chi connectivity index (χ0) is 9.97. The predicted octanol–water partition coefficient (Wildman–Crippen LogP) is 2.56. The van der Waals surface area contributed by atoms with Gasteiger partial charge in [-0.25, -0.2) is 0 Å². The Labute approximate surface area is 86.0 Å². The monoisotopic (exact) mass is 196 g/mol. The zero-order valence-corrected chi connectivity index (χ0v) is 9.00. The van der Waals surface area contributed by atoms with Crippen molar-refractivity contribution in [1.29, 1.82) is 0 Å². The molecule has 0 aromatic carbocycles. The summed E-state index contributed by atoms with van der Waals surface area (Å²) in [5, 5.41) is 0. The summed E-state index contributed by atoms with van der Waals surface area (Å²) in [7, 11) is 1.76. The van der Waals surface area contributed by atoms with E-state index in [1.807, 2.05) is 0 Å². The lowest BCUT2D eigenvalue weighted by molar-refractivity contribution is -0.121. The molecule has 2 saturated carbocycles. The van der Waals surface area contributed by atoms with Gasteiger partial charge in [0.15, 0.2) is 0 Å². The van der Waals surface area contributed by atoms with Crippen LogP contribution in [0.25, 0.3) is 0 Å². The fourth-order valence-electron chi connectivity index (χ4n) is 3.17. The summed E-state index contributed by atoms with van der Waals surface area (Å²) in [6.07, 6.45) is 8.06. The Bertz CT molecular complexity index is 212. The lowest BCUT2D eigenvalue weighted by Gasteiger charge is -2.34. The SMILES string of the molecule is CO[C@@H]1CC(=O)CC[C@@H]2CCCC[C@@H]21. The van der Waals surface area contributed by atoms with Crippen LogP contribution in [0.2, 0.25) is 0 Å². The molecule has 0 aromatic rings. The molecule has 2 aliphatic carbocycles. The molecule has 0 spiro atoms. The van der Waals surface area contributed by atoms with E-state index in [-0.39, 0.29) is 6.10 Å². The van der Waals surface area contributed by atoms with Crippen molar-refractivity contribution in [2.45, 2.75) is 51.0 Å². The molecule has 0 radical (unpaired) electrons. The number of carbonyl (C=O) groups excluding carboxylic acids is 1. The van der Waals surface area contributed by atoms with Crippen molar-refractivity contribution < 1.29 is 9.53 Å². The minimum absolute atomic E-state index is 0.218. The molecule has 2 fully saturated rings. The van der Waals surface area contributed by atoms with Crippen molar-refractivity contribution in [2.75, 3.05) is 7.11 Å². The van der Waals surface area contributed by atoms with Crippen LogP contribution in [0.5, 0.6) is 0 Å². The first-order chi connectivity index (χ1) is 6.81. The summed E-state index contributed by atoms with van der Waals surface area (Å²) in [4.78, 5) is 11.5. The summed E-state index contributed by atoms with van der Waals surface area (Å²) >= 11 is 0. The maximum absolute atomic E-state index is 11.5. The van der Waals surface area contributed by atoms with E-state index in [4.69, 9.17) is 4.74 Å². The van der Waals surface area contributed by atoms with Gasteiger partial charge in [0.05, 0.1) is 6.10 Å². The Kier molecular flexibility index (Phi) is 3.22. The van der Waals surface area contributed by atoms with Gasteiger partial charge in [-0.15, -0.1) is 0 Å². The van der Waals surface area contributed by atoms with Crippen LogP contribution < -0.4 is 0 Å². The molecule has 0 aromatic heterocycles. The van der Waals surface area contributed by atoms with E-state index in [0.717, 1.165) is 18.8 Å². The van der Waals surface area contributed by atoms with Crippen LogP contribution in [0.3, 0.4) is 0 Å². The van der Waals surface area contributed by atoms with E-state index < -0.39 is 0 Å². The van der Waals surface area contributed by atoms with Crippen LogP contribution in [0.1, 0.15) is 44.9 Å². The van der Waals surface area contributed by atoms with Crippen LogP contribution in [0.4, 0.5) is 0 Å². The summed E-state index contributed by atoms with van der Waals surface area (Å²) < 4.78 is 5.49. The highest BCUT2D eigenvalue weighted by molar-refractivity contribution is 5.79. The molecule has 0 aliphatic heterocycles.